The number of furan rings is 1. The Morgan fingerprint density at radius 2 is 1.96 bits per heavy atom. The third kappa shape index (κ3) is 4.20. The molecule has 0 unspecified atom stereocenters. The molecule has 0 saturated carbocycles. The number of carboxylic acids is 1. The fraction of sp³-hybridized carbons (Fsp3) is 0.211. The van der Waals surface area contributed by atoms with Gasteiger partial charge in [-0.25, -0.2) is 4.79 Å². The molecular weight excluding hydrogens is 382 g/mol. The van der Waals surface area contributed by atoms with Crippen molar-refractivity contribution in [3.8, 4) is 22.9 Å². The molecule has 3 aromatic rings. The molecule has 8 nitrogen and oxygen atoms in total. The van der Waals surface area contributed by atoms with E-state index >= 15 is 0 Å². The second-order valence-electron chi connectivity index (χ2n) is 5.58. The third-order valence-electron chi connectivity index (χ3n) is 3.87. The Labute approximate surface area is 165 Å². The van der Waals surface area contributed by atoms with E-state index in [0.717, 1.165) is 17.3 Å². The lowest BCUT2D eigenvalue weighted by Crippen LogP contribution is -2.03. The highest BCUT2D eigenvalue weighted by atomic mass is 32.2. The van der Waals surface area contributed by atoms with Crippen LogP contribution in [0.5, 0.6) is 11.5 Å². The fourth-order valence-electron chi connectivity index (χ4n) is 2.54. The summed E-state index contributed by atoms with van der Waals surface area (Å²) < 4.78 is 17.7. The van der Waals surface area contributed by atoms with E-state index in [1.807, 2.05) is 23.6 Å². The van der Waals surface area contributed by atoms with Crippen LogP contribution >= 0.6 is 11.8 Å². The summed E-state index contributed by atoms with van der Waals surface area (Å²) in [6.07, 6.45) is 2.94. The van der Waals surface area contributed by atoms with Gasteiger partial charge in [-0.3, -0.25) is 0 Å². The maximum atomic E-state index is 11.7. The molecule has 0 fully saturated rings. The number of nitrogens with zero attached hydrogens (tertiary/aromatic N) is 3. The van der Waals surface area contributed by atoms with Crippen LogP contribution in [0.2, 0.25) is 0 Å². The number of aromatic nitrogens is 3. The van der Waals surface area contributed by atoms with Crippen molar-refractivity contribution >= 4 is 23.8 Å². The molecular formula is C19H19N3O5S. The van der Waals surface area contributed by atoms with Gasteiger partial charge in [0.15, 0.2) is 11.0 Å². The van der Waals surface area contributed by atoms with E-state index in [1.165, 1.54) is 12.3 Å². The van der Waals surface area contributed by atoms with Gasteiger partial charge in [0.1, 0.15) is 22.2 Å². The number of ether oxygens (including phenoxy) is 2. The average Bonchev–Trinajstić information content (AvgIpc) is 3.36. The lowest BCUT2D eigenvalue weighted by molar-refractivity contribution is -0.131. The normalized spacial score (nSPS) is 11.5. The van der Waals surface area contributed by atoms with Gasteiger partial charge in [0.25, 0.3) is 0 Å². The number of aliphatic carboxylic acids is 1. The van der Waals surface area contributed by atoms with Gasteiger partial charge in [-0.2, -0.15) is 0 Å². The van der Waals surface area contributed by atoms with Gasteiger partial charge in [-0.05, 0) is 43.0 Å². The van der Waals surface area contributed by atoms with Gasteiger partial charge in [0.2, 0.25) is 0 Å². The Bertz CT molecular complexity index is 973. The Balaban J connectivity index is 1.99. The Kier molecular flexibility index (Phi) is 6.05. The van der Waals surface area contributed by atoms with Crippen LogP contribution in [-0.2, 0) is 11.3 Å². The molecule has 9 heteroatoms. The predicted molar refractivity (Wildman–Crippen MR) is 104 cm³/mol. The Hall–Kier alpha value is -3.20. The van der Waals surface area contributed by atoms with Crippen LogP contribution in [0.3, 0.4) is 0 Å². The first-order valence-corrected chi connectivity index (χ1v) is 9.20. The van der Waals surface area contributed by atoms with Crippen molar-refractivity contribution in [3.05, 3.63) is 47.3 Å². The van der Waals surface area contributed by atoms with Crippen molar-refractivity contribution in [1.29, 1.82) is 0 Å². The first kappa shape index (κ1) is 19.6. The maximum absolute atomic E-state index is 11.7. The molecule has 1 N–H and O–H groups in total. The molecule has 0 aliphatic heterocycles. The molecule has 0 aliphatic carbocycles. The third-order valence-corrected chi connectivity index (χ3v) is 4.87. The molecule has 0 amide bonds. The Morgan fingerprint density at radius 3 is 2.50 bits per heavy atom. The number of hydrogen-bond acceptors (Lipinski definition) is 7. The zero-order valence-electron chi connectivity index (χ0n) is 15.6. The molecule has 3 rings (SSSR count). The second kappa shape index (κ2) is 8.66. The highest BCUT2D eigenvalue weighted by molar-refractivity contribution is 8.04. The van der Waals surface area contributed by atoms with Crippen LogP contribution in [0.15, 0.2) is 51.1 Å². The van der Waals surface area contributed by atoms with Crippen molar-refractivity contribution < 1.29 is 23.8 Å². The summed E-state index contributed by atoms with van der Waals surface area (Å²) in [5.74, 6) is 1.21. The van der Waals surface area contributed by atoms with Gasteiger partial charge in [-0.15, -0.1) is 10.2 Å². The van der Waals surface area contributed by atoms with Crippen molar-refractivity contribution in [2.24, 2.45) is 0 Å². The molecule has 146 valence electrons. The molecule has 2 heterocycles. The van der Waals surface area contributed by atoms with Gasteiger partial charge in [0, 0.05) is 24.3 Å². The van der Waals surface area contributed by atoms with E-state index < -0.39 is 5.97 Å². The molecule has 0 bridgehead atoms. The molecule has 2 aromatic heterocycles. The summed E-state index contributed by atoms with van der Waals surface area (Å²) in [5, 5.41) is 18.4. The lowest BCUT2D eigenvalue weighted by Gasteiger charge is -2.10. The summed E-state index contributed by atoms with van der Waals surface area (Å²) in [4.78, 5) is 11.7. The molecule has 28 heavy (non-hydrogen) atoms. The average molecular weight is 401 g/mol. The van der Waals surface area contributed by atoms with Crippen molar-refractivity contribution in [2.45, 2.75) is 18.6 Å². The quantitative estimate of drug-likeness (QED) is 0.449. The fourth-order valence-corrected chi connectivity index (χ4v) is 3.40. The monoisotopic (exact) mass is 401 g/mol. The first-order chi connectivity index (χ1) is 13.5. The Morgan fingerprint density at radius 1 is 1.25 bits per heavy atom. The standard InChI is InChI=1S/C19H19N3O5S/c1-4-22-17(12-8-14(25-2)10-15(9-12)26-3)20-21-19(22)28-16(18(23)24)11-13-6-5-7-27-13/h5-11H,4H2,1-3H3,(H,23,24)/b16-11-. The van der Waals surface area contributed by atoms with Crippen LogP contribution in [0.4, 0.5) is 0 Å². The molecule has 0 aliphatic rings. The molecule has 1 aromatic carbocycles. The van der Waals surface area contributed by atoms with Gasteiger partial charge >= 0.3 is 5.97 Å². The number of carbonyl (C=O) groups is 1. The number of thioether (sulfide) groups is 1. The highest BCUT2D eigenvalue weighted by Gasteiger charge is 2.19. The van der Waals surface area contributed by atoms with Gasteiger partial charge in [0.05, 0.1) is 20.5 Å². The van der Waals surface area contributed by atoms with E-state index in [4.69, 9.17) is 13.9 Å². The van der Waals surface area contributed by atoms with E-state index in [1.54, 1.807) is 32.4 Å². The molecule has 0 radical (unpaired) electrons. The van der Waals surface area contributed by atoms with Crippen LogP contribution < -0.4 is 9.47 Å². The van der Waals surface area contributed by atoms with Crippen LogP contribution in [0.25, 0.3) is 17.5 Å². The zero-order valence-corrected chi connectivity index (χ0v) is 16.4. The lowest BCUT2D eigenvalue weighted by atomic mass is 10.2. The maximum Gasteiger partial charge on any atom is 0.342 e. The minimum Gasteiger partial charge on any atom is -0.497 e. The first-order valence-electron chi connectivity index (χ1n) is 8.38. The zero-order chi connectivity index (χ0) is 20.1. The van der Waals surface area contributed by atoms with E-state index in [0.29, 0.717) is 34.8 Å². The van der Waals surface area contributed by atoms with Gasteiger partial charge in [-0.1, -0.05) is 0 Å². The predicted octanol–water partition coefficient (Wildman–Crippen LogP) is 3.79. The summed E-state index contributed by atoms with van der Waals surface area (Å²) in [6.45, 7) is 2.49. The second-order valence-corrected chi connectivity index (χ2v) is 6.59. The van der Waals surface area contributed by atoms with Crippen LogP contribution in [-0.4, -0.2) is 40.1 Å². The SMILES string of the molecule is CCn1c(S/C(=C\c2ccco2)C(=O)O)nnc1-c1cc(OC)cc(OC)c1. The number of rotatable bonds is 8. The summed E-state index contributed by atoms with van der Waals surface area (Å²) >= 11 is 1.01. The number of hydrogen-bond donors (Lipinski definition) is 1. The van der Waals surface area contributed by atoms with Crippen LogP contribution in [0.1, 0.15) is 12.7 Å². The summed E-state index contributed by atoms with van der Waals surface area (Å²) in [5.41, 5.74) is 0.754. The minimum absolute atomic E-state index is 0.0758. The molecule has 0 atom stereocenters. The van der Waals surface area contributed by atoms with Crippen molar-refractivity contribution in [2.75, 3.05) is 14.2 Å². The minimum atomic E-state index is -1.07. The van der Waals surface area contributed by atoms with Gasteiger partial charge < -0.3 is 23.6 Å². The topological polar surface area (TPSA) is 99.6 Å². The van der Waals surface area contributed by atoms with Crippen LogP contribution in [0, 0.1) is 0 Å². The number of methoxy groups -OCH3 is 2. The largest absolute Gasteiger partial charge is 0.497 e. The highest BCUT2D eigenvalue weighted by Crippen LogP contribution is 2.33. The van der Waals surface area contributed by atoms with E-state index in [2.05, 4.69) is 10.2 Å². The smallest absolute Gasteiger partial charge is 0.342 e. The van der Waals surface area contributed by atoms with Crippen molar-refractivity contribution in [3.63, 3.8) is 0 Å². The molecule has 0 saturated heterocycles. The number of benzene rings is 1. The number of carboxylic acid groups (broad SMARTS) is 1. The van der Waals surface area contributed by atoms with Crippen molar-refractivity contribution in [1.82, 2.24) is 14.8 Å². The van der Waals surface area contributed by atoms with E-state index in [-0.39, 0.29) is 4.91 Å². The summed E-state index contributed by atoms with van der Waals surface area (Å²) in [7, 11) is 3.14. The van der Waals surface area contributed by atoms with E-state index in [9.17, 15) is 9.90 Å². The summed E-state index contributed by atoms with van der Waals surface area (Å²) in [6, 6.07) is 8.79. The molecule has 0 spiro atoms.